The van der Waals surface area contributed by atoms with Crippen molar-refractivity contribution in [2.24, 2.45) is 0 Å². The molecular formula is C35H66ClN7O2. The van der Waals surface area contributed by atoms with Crippen LogP contribution < -0.4 is 10.6 Å². The van der Waals surface area contributed by atoms with Crippen LogP contribution in [0.1, 0.15) is 158 Å². The van der Waals surface area contributed by atoms with Crippen molar-refractivity contribution in [3.05, 3.63) is 16.9 Å². The van der Waals surface area contributed by atoms with Gasteiger partial charge in [-0.05, 0) is 119 Å². The van der Waals surface area contributed by atoms with Crippen LogP contribution in [0, 0.1) is 0 Å². The second kappa shape index (κ2) is 16.0. The van der Waals surface area contributed by atoms with Crippen LogP contribution >= 0.6 is 11.6 Å². The van der Waals surface area contributed by atoms with Gasteiger partial charge >= 0.3 is 0 Å². The minimum atomic E-state index is -0.415. The molecule has 9 nitrogen and oxygen atoms in total. The Balaban J connectivity index is 2.17. The standard InChI is InChI=1S/C35H66ClN7O2/c1-13-17-19-37-25-23-32(5,6)42(44-21-15-3)34(9,10)27(25)29-39-30(41-31(36)40-29)28-26(38-20-18-14-2)24-33(7,8)43(35(28,11)12)45-22-16-4/h25-28,37-38H,13-24H2,1-12H3. The fraction of sp³-hybridized carbons (Fsp3) is 0.914. The number of hydrogen-bond donors (Lipinski definition) is 2. The molecule has 1 aromatic heterocycles. The zero-order valence-electron chi connectivity index (χ0n) is 30.7. The third-order valence-corrected chi connectivity index (χ3v) is 10.0. The summed E-state index contributed by atoms with van der Waals surface area (Å²) in [5.74, 6) is 1.33. The molecular weight excluding hydrogens is 586 g/mol. The number of unbranched alkanes of at least 4 members (excludes halogenated alkanes) is 2. The lowest BCUT2D eigenvalue weighted by atomic mass is 9.69. The third-order valence-electron chi connectivity index (χ3n) is 9.83. The van der Waals surface area contributed by atoms with Crippen molar-refractivity contribution < 1.29 is 9.68 Å². The highest BCUT2D eigenvalue weighted by atomic mass is 35.5. The molecule has 2 N–H and O–H groups in total. The van der Waals surface area contributed by atoms with E-state index in [1.807, 2.05) is 0 Å². The number of halogens is 1. The molecule has 0 saturated carbocycles. The molecule has 1 aromatic rings. The topological polar surface area (TPSA) is 87.7 Å². The highest BCUT2D eigenvalue weighted by Gasteiger charge is 2.57. The second-order valence-corrected chi connectivity index (χ2v) is 16.0. The minimum absolute atomic E-state index is 0.0689. The van der Waals surface area contributed by atoms with E-state index in [1.54, 1.807) is 0 Å². The van der Waals surface area contributed by atoms with E-state index < -0.39 is 11.1 Å². The van der Waals surface area contributed by atoms with Crippen molar-refractivity contribution >= 4 is 11.6 Å². The molecule has 10 heteroatoms. The summed E-state index contributed by atoms with van der Waals surface area (Å²) in [7, 11) is 0. The van der Waals surface area contributed by atoms with Gasteiger partial charge in [-0.25, -0.2) is 15.0 Å². The van der Waals surface area contributed by atoms with Crippen molar-refractivity contribution in [1.29, 1.82) is 0 Å². The van der Waals surface area contributed by atoms with Crippen LogP contribution in [0.25, 0.3) is 0 Å². The van der Waals surface area contributed by atoms with E-state index in [4.69, 9.17) is 36.2 Å². The van der Waals surface area contributed by atoms with E-state index in [0.717, 1.165) is 76.1 Å². The molecule has 0 amide bonds. The zero-order chi connectivity index (χ0) is 33.6. The van der Waals surface area contributed by atoms with Gasteiger partial charge in [0.15, 0.2) is 0 Å². The Labute approximate surface area is 280 Å². The van der Waals surface area contributed by atoms with Crippen molar-refractivity contribution in [3.63, 3.8) is 0 Å². The van der Waals surface area contributed by atoms with Crippen LogP contribution in [0.5, 0.6) is 0 Å². The molecule has 4 atom stereocenters. The molecule has 0 radical (unpaired) electrons. The molecule has 0 aliphatic carbocycles. The lowest BCUT2D eigenvalue weighted by Crippen LogP contribution is -2.68. The summed E-state index contributed by atoms with van der Waals surface area (Å²) >= 11 is 6.88. The second-order valence-electron chi connectivity index (χ2n) is 15.7. The van der Waals surface area contributed by atoms with Crippen molar-refractivity contribution in [2.75, 3.05) is 26.3 Å². The van der Waals surface area contributed by atoms with Crippen LogP contribution in [0.3, 0.4) is 0 Å². The molecule has 3 rings (SSSR count). The highest BCUT2D eigenvalue weighted by Crippen LogP contribution is 2.49. The fourth-order valence-electron chi connectivity index (χ4n) is 8.28. The Hall–Kier alpha value is -0.940. The van der Waals surface area contributed by atoms with Crippen molar-refractivity contribution in [1.82, 2.24) is 35.7 Å². The Morgan fingerprint density at radius 1 is 0.644 bits per heavy atom. The molecule has 3 heterocycles. The van der Waals surface area contributed by atoms with E-state index >= 15 is 0 Å². The number of hydrogen-bond acceptors (Lipinski definition) is 9. The average molecular weight is 652 g/mol. The maximum Gasteiger partial charge on any atom is 0.225 e. The molecule has 2 saturated heterocycles. The van der Waals surface area contributed by atoms with Crippen LogP contribution in [0.15, 0.2) is 0 Å². The normalized spacial score (nSPS) is 27.9. The van der Waals surface area contributed by atoms with Gasteiger partial charge in [-0.3, -0.25) is 9.68 Å². The van der Waals surface area contributed by atoms with Gasteiger partial charge in [0, 0.05) is 23.2 Å². The molecule has 0 bridgehead atoms. The fourth-order valence-corrected chi connectivity index (χ4v) is 8.46. The van der Waals surface area contributed by atoms with Crippen LogP contribution in [-0.4, -0.2) is 85.6 Å². The Morgan fingerprint density at radius 2 is 1.02 bits per heavy atom. The van der Waals surface area contributed by atoms with Crippen LogP contribution in [0.4, 0.5) is 0 Å². The molecule has 2 fully saturated rings. The smallest absolute Gasteiger partial charge is 0.225 e. The number of nitrogens with zero attached hydrogens (tertiary/aromatic N) is 5. The first kappa shape index (κ1) is 38.5. The van der Waals surface area contributed by atoms with Gasteiger partial charge in [0.25, 0.3) is 0 Å². The minimum Gasteiger partial charge on any atom is -0.313 e. The molecule has 4 unspecified atom stereocenters. The monoisotopic (exact) mass is 651 g/mol. The zero-order valence-corrected chi connectivity index (χ0v) is 31.5. The van der Waals surface area contributed by atoms with Crippen molar-refractivity contribution in [3.8, 4) is 0 Å². The van der Waals surface area contributed by atoms with Gasteiger partial charge in [-0.2, -0.15) is 10.1 Å². The summed E-state index contributed by atoms with van der Waals surface area (Å²) in [6.07, 6.45) is 8.21. The van der Waals surface area contributed by atoms with E-state index in [9.17, 15) is 0 Å². The Kier molecular flexibility index (Phi) is 13.7. The van der Waals surface area contributed by atoms with E-state index in [0.29, 0.717) is 13.2 Å². The maximum atomic E-state index is 6.88. The van der Waals surface area contributed by atoms with E-state index in [1.165, 1.54) is 0 Å². The maximum absolute atomic E-state index is 6.88. The first-order valence-electron chi connectivity index (χ1n) is 17.8. The number of rotatable bonds is 16. The van der Waals surface area contributed by atoms with Gasteiger partial charge in [0.05, 0.1) is 36.1 Å². The third kappa shape index (κ3) is 8.76. The summed E-state index contributed by atoms with van der Waals surface area (Å²) in [6, 6.07) is 0.297. The average Bonchev–Trinajstić information content (AvgIpc) is 2.91. The van der Waals surface area contributed by atoms with Crippen LogP contribution in [0.2, 0.25) is 5.28 Å². The highest BCUT2D eigenvalue weighted by molar-refractivity contribution is 6.28. The summed E-state index contributed by atoms with van der Waals surface area (Å²) in [5.41, 5.74) is -1.19. The van der Waals surface area contributed by atoms with Gasteiger partial charge in [0.1, 0.15) is 11.6 Å². The summed E-state index contributed by atoms with van der Waals surface area (Å²) in [6.45, 7) is 30.2. The molecule has 2 aliphatic heterocycles. The SMILES string of the molecule is CCCCNC1CC(C)(C)N(OCCC)C(C)(C)C1c1nc(Cl)nc(C2C(NCCCC)CC(C)(C)N(OCCC)C2(C)C)n1. The molecule has 0 aromatic carbocycles. The molecule has 0 spiro atoms. The van der Waals surface area contributed by atoms with Gasteiger partial charge in [-0.15, -0.1) is 0 Å². The van der Waals surface area contributed by atoms with Crippen LogP contribution in [-0.2, 0) is 9.68 Å². The number of hydroxylamine groups is 4. The number of aromatic nitrogens is 3. The lowest BCUT2D eigenvalue weighted by molar-refractivity contribution is -0.291. The lowest BCUT2D eigenvalue weighted by Gasteiger charge is -2.58. The van der Waals surface area contributed by atoms with Gasteiger partial charge in [-0.1, -0.05) is 40.5 Å². The Bertz CT molecular complexity index is 988. The summed E-state index contributed by atoms with van der Waals surface area (Å²) in [4.78, 5) is 28.2. The Morgan fingerprint density at radius 3 is 1.36 bits per heavy atom. The largest absolute Gasteiger partial charge is 0.313 e. The predicted octanol–water partition coefficient (Wildman–Crippen LogP) is 7.42. The van der Waals surface area contributed by atoms with E-state index in [-0.39, 0.29) is 40.3 Å². The molecule has 2 aliphatic rings. The molecule has 260 valence electrons. The first-order chi connectivity index (χ1) is 21.1. The first-order valence-corrected chi connectivity index (χ1v) is 18.2. The predicted molar refractivity (Wildman–Crippen MR) is 185 cm³/mol. The quantitative estimate of drug-likeness (QED) is 0.177. The van der Waals surface area contributed by atoms with E-state index in [2.05, 4.69) is 104 Å². The number of piperidine rings is 2. The van der Waals surface area contributed by atoms with Gasteiger partial charge < -0.3 is 10.6 Å². The number of nitrogens with one attached hydrogen (secondary N) is 2. The van der Waals surface area contributed by atoms with Gasteiger partial charge in [0.2, 0.25) is 5.28 Å². The van der Waals surface area contributed by atoms with Crippen molar-refractivity contribution in [2.45, 2.75) is 181 Å². The molecule has 45 heavy (non-hydrogen) atoms. The summed E-state index contributed by atoms with van der Waals surface area (Å²) < 4.78 is 0. The summed E-state index contributed by atoms with van der Waals surface area (Å²) in [5, 5.41) is 12.5.